The second kappa shape index (κ2) is 10.5. The first kappa shape index (κ1) is 23.6. The molecule has 32 heavy (non-hydrogen) atoms. The van der Waals surface area contributed by atoms with Crippen LogP contribution in [0.1, 0.15) is 62.2 Å². The van der Waals surface area contributed by atoms with Crippen molar-refractivity contribution in [2.24, 2.45) is 5.73 Å². The first-order valence-electron chi connectivity index (χ1n) is 11.0. The van der Waals surface area contributed by atoms with Crippen LogP contribution < -0.4 is 20.8 Å². The third-order valence-corrected chi connectivity index (χ3v) is 5.63. The van der Waals surface area contributed by atoms with Crippen LogP contribution in [0.2, 0.25) is 0 Å². The number of carbonyl (C=O) groups is 2. The number of hydrogen-bond acceptors (Lipinski definition) is 6. The van der Waals surface area contributed by atoms with Crippen molar-refractivity contribution in [1.29, 1.82) is 0 Å². The van der Waals surface area contributed by atoms with Gasteiger partial charge in [0.25, 0.3) is 11.5 Å². The third kappa shape index (κ3) is 5.03. The van der Waals surface area contributed by atoms with E-state index in [0.717, 1.165) is 19.3 Å². The fourth-order valence-electron chi connectivity index (χ4n) is 3.86. The summed E-state index contributed by atoms with van der Waals surface area (Å²) in [4.78, 5) is 40.3. The van der Waals surface area contributed by atoms with E-state index in [9.17, 15) is 18.8 Å². The molecule has 1 aliphatic rings. The third-order valence-electron chi connectivity index (χ3n) is 5.63. The van der Waals surface area contributed by atoms with Crippen LogP contribution in [-0.4, -0.2) is 42.3 Å². The number of alkyl halides is 1. The summed E-state index contributed by atoms with van der Waals surface area (Å²) in [6.07, 6.45) is 4.71. The van der Waals surface area contributed by atoms with Crippen molar-refractivity contribution in [3.8, 4) is 11.5 Å². The molecule has 0 aliphatic heterocycles. The summed E-state index contributed by atoms with van der Waals surface area (Å²) in [5, 5.41) is 0.507. The molecule has 8 nitrogen and oxygen atoms in total. The molecule has 9 heteroatoms. The summed E-state index contributed by atoms with van der Waals surface area (Å²) < 4.78 is 29.4. The van der Waals surface area contributed by atoms with Crippen molar-refractivity contribution >= 4 is 22.8 Å². The molecule has 0 unspecified atom stereocenters. The molecule has 0 radical (unpaired) electrons. The predicted molar refractivity (Wildman–Crippen MR) is 117 cm³/mol. The predicted octanol–water partition coefficient (Wildman–Crippen LogP) is 3.40. The van der Waals surface area contributed by atoms with E-state index in [4.69, 9.17) is 19.9 Å². The van der Waals surface area contributed by atoms with Gasteiger partial charge in [-0.15, -0.1) is 0 Å². The molecule has 1 aliphatic carbocycles. The van der Waals surface area contributed by atoms with Gasteiger partial charge in [0.15, 0.2) is 17.1 Å². The van der Waals surface area contributed by atoms with Crippen LogP contribution >= 0.6 is 0 Å². The highest BCUT2D eigenvalue weighted by Gasteiger charge is 2.42. The topological polar surface area (TPSA) is 121 Å². The number of aromatic nitrogens is 1. The zero-order chi connectivity index (χ0) is 23.1. The Morgan fingerprint density at radius 2 is 1.91 bits per heavy atom. The smallest absolute Gasteiger partial charge is 0.344 e. The number of carbonyl (C=O) groups excluding carboxylic acids is 2. The number of halogens is 1. The summed E-state index contributed by atoms with van der Waals surface area (Å²) in [6, 6.07) is 4.62. The molecule has 3 N–H and O–H groups in total. The van der Waals surface area contributed by atoms with Crippen molar-refractivity contribution in [2.45, 2.75) is 57.5 Å². The van der Waals surface area contributed by atoms with Crippen LogP contribution in [0, 0.1) is 0 Å². The van der Waals surface area contributed by atoms with E-state index in [1.54, 1.807) is 12.1 Å². The molecule has 1 heterocycles. The van der Waals surface area contributed by atoms with E-state index in [1.165, 1.54) is 6.07 Å². The number of nitrogens with one attached hydrogen (secondary N) is 1. The zero-order valence-electron chi connectivity index (χ0n) is 18.2. The fraction of sp³-hybridized carbons (Fsp3) is 0.522. The number of pyridine rings is 1. The van der Waals surface area contributed by atoms with Crippen LogP contribution in [0.5, 0.6) is 11.5 Å². The van der Waals surface area contributed by atoms with Crippen molar-refractivity contribution in [1.82, 2.24) is 4.98 Å². The molecule has 1 aromatic heterocycles. The standard InChI is InChI=1S/C23H29FN2O6/c1-2-3-12-31-19-17(30-13-11-24)8-7-15-14-16(20(27)26-18(15)19)21(28)32-23(22(25)29)9-5-4-6-10-23/h7-8,14H,2-6,9-13H2,1H3,(H2,25,29)(H,26,27). The molecular formula is C23H29FN2O6. The van der Waals surface area contributed by atoms with Crippen molar-refractivity contribution < 1.29 is 28.2 Å². The number of rotatable bonds is 10. The number of benzene rings is 1. The molecule has 1 amide bonds. The van der Waals surface area contributed by atoms with Crippen molar-refractivity contribution in [2.75, 3.05) is 19.9 Å². The number of primary amides is 1. The normalized spacial score (nSPS) is 15.3. The fourth-order valence-corrected chi connectivity index (χ4v) is 3.86. The molecule has 0 spiro atoms. The summed E-state index contributed by atoms with van der Waals surface area (Å²) in [7, 11) is 0. The number of fused-ring (bicyclic) bond motifs is 1. The molecule has 0 atom stereocenters. The highest BCUT2D eigenvalue weighted by molar-refractivity contribution is 5.97. The van der Waals surface area contributed by atoms with E-state index in [-0.39, 0.29) is 17.9 Å². The molecule has 2 aromatic rings. The van der Waals surface area contributed by atoms with E-state index >= 15 is 0 Å². The maximum atomic E-state index is 12.8. The Bertz CT molecular complexity index is 1030. The lowest BCUT2D eigenvalue weighted by Crippen LogP contribution is -2.49. The molecule has 1 saturated carbocycles. The average molecular weight is 448 g/mol. The summed E-state index contributed by atoms with van der Waals surface area (Å²) >= 11 is 0. The number of ether oxygens (including phenoxy) is 3. The van der Waals surface area contributed by atoms with Gasteiger partial charge in [-0.05, 0) is 50.3 Å². The minimum Gasteiger partial charge on any atom is -0.488 e. The average Bonchev–Trinajstić information content (AvgIpc) is 2.78. The van der Waals surface area contributed by atoms with Gasteiger partial charge in [-0.2, -0.15) is 0 Å². The number of amides is 1. The number of esters is 1. The van der Waals surface area contributed by atoms with Crippen LogP contribution in [0.25, 0.3) is 10.9 Å². The van der Waals surface area contributed by atoms with E-state index in [1.807, 2.05) is 6.92 Å². The van der Waals surface area contributed by atoms with Gasteiger partial charge < -0.3 is 24.9 Å². The number of nitrogens with two attached hydrogens (primary N) is 1. The molecular weight excluding hydrogens is 419 g/mol. The Morgan fingerprint density at radius 1 is 1.16 bits per heavy atom. The Kier molecular flexibility index (Phi) is 7.71. The highest BCUT2D eigenvalue weighted by Crippen LogP contribution is 2.35. The first-order chi connectivity index (χ1) is 15.4. The maximum absolute atomic E-state index is 12.8. The molecule has 1 aromatic carbocycles. The van der Waals surface area contributed by atoms with Gasteiger partial charge in [-0.3, -0.25) is 9.59 Å². The van der Waals surface area contributed by atoms with Crippen molar-refractivity contribution in [3.63, 3.8) is 0 Å². The van der Waals surface area contributed by atoms with E-state index in [0.29, 0.717) is 48.9 Å². The van der Waals surface area contributed by atoms with Gasteiger partial charge in [0.2, 0.25) is 0 Å². The quantitative estimate of drug-likeness (QED) is 0.424. The lowest BCUT2D eigenvalue weighted by molar-refractivity contribution is -0.140. The van der Waals surface area contributed by atoms with E-state index in [2.05, 4.69) is 4.98 Å². The van der Waals surface area contributed by atoms with Gasteiger partial charge in [0.1, 0.15) is 18.8 Å². The monoisotopic (exact) mass is 448 g/mol. The van der Waals surface area contributed by atoms with Gasteiger partial charge in [0, 0.05) is 5.39 Å². The second-order valence-electron chi connectivity index (χ2n) is 7.92. The molecule has 174 valence electrons. The highest BCUT2D eigenvalue weighted by atomic mass is 19.1. The molecule has 0 bridgehead atoms. The van der Waals surface area contributed by atoms with Crippen LogP contribution in [-0.2, 0) is 9.53 Å². The number of aromatic amines is 1. The number of H-pyrrole nitrogens is 1. The van der Waals surface area contributed by atoms with Crippen LogP contribution in [0.3, 0.4) is 0 Å². The largest absolute Gasteiger partial charge is 0.488 e. The first-order valence-corrected chi connectivity index (χ1v) is 11.0. The molecule has 1 fully saturated rings. The summed E-state index contributed by atoms with van der Waals surface area (Å²) in [5.41, 5.74) is 3.54. The van der Waals surface area contributed by atoms with Crippen LogP contribution in [0.4, 0.5) is 4.39 Å². The second-order valence-corrected chi connectivity index (χ2v) is 7.92. The Morgan fingerprint density at radius 3 is 2.56 bits per heavy atom. The maximum Gasteiger partial charge on any atom is 0.344 e. The Balaban J connectivity index is 1.97. The van der Waals surface area contributed by atoms with Gasteiger partial charge in [-0.1, -0.05) is 19.8 Å². The molecule has 0 saturated heterocycles. The van der Waals surface area contributed by atoms with Crippen LogP contribution in [0.15, 0.2) is 23.0 Å². The lowest BCUT2D eigenvalue weighted by Gasteiger charge is -2.33. The minimum atomic E-state index is -1.39. The summed E-state index contributed by atoms with van der Waals surface area (Å²) in [6.45, 7) is 1.57. The van der Waals surface area contributed by atoms with E-state index < -0.39 is 29.7 Å². The molecule has 3 rings (SSSR count). The minimum absolute atomic E-state index is 0.153. The van der Waals surface area contributed by atoms with Gasteiger partial charge in [0.05, 0.1) is 12.1 Å². The zero-order valence-corrected chi connectivity index (χ0v) is 18.2. The Labute approximate surface area is 185 Å². The van der Waals surface area contributed by atoms with Gasteiger partial charge in [-0.25, -0.2) is 9.18 Å². The number of unbranched alkanes of at least 4 members (excludes halogenated alkanes) is 1. The van der Waals surface area contributed by atoms with Gasteiger partial charge >= 0.3 is 5.97 Å². The lowest BCUT2D eigenvalue weighted by atomic mass is 9.84. The van der Waals surface area contributed by atoms with Crippen molar-refractivity contribution in [3.05, 3.63) is 34.1 Å². The summed E-state index contributed by atoms with van der Waals surface area (Å²) in [5.74, 6) is -1.03. The number of hydrogen-bond donors (Lipinski definition) is 2. The Hall–Kier alpha value is -3.10. The SMILES string of the molecule is CCCCOc1c(OCCF)ccc2cc(C(=O)OC3(C(N)=O)CCCCC3)c(=O)[nH]c12.